The zero-order valence-electron chi connectivity index (χ0n) is 9.91. The van der Waals surface area contributed by atoms with Gasteiger partial charge in [-0.15, -0.1) is 0 Å². The largest absolute Gasteiger partial charge is 0.398 e. The molecule has 0 radical (unpaired) electrons. The molecule has 0 heterocycles. The molecule has 92 valence electrons. The molecule has 0 aliphatic heterocycles. The molecule has 0 unspecified atom stereocenters. The van der Waals surface area contributed by atoms with Gasteiger partial charge in [0.05, 0.1) is 11.3 Å². The van der Waals surface area contributed by atoms with E-state index >= 15 is 0 Å². The molecule has 2 rings (SSSR count). The Morgan fingerprint density at radius 2 is 1.94 bits per heavy atom. The van der Waals surface area contributed by atoms with Gasteiger partial charge < -0.3 is 11.1 Å². The van der Waals surface area contributed by atoms with Crippen molar-refractivity contribution in [1.82, 2.24) is 0 Å². The number of para-hydroxylation sites is 1. The number of nitrogens with two attached hydrogens (primary N) is 1. The molecule has 0 saturated carbocycles. The molecular formula is C14H13FN2O. The SMILES string of the molecule is Cc1ccc(C(=O)Nc2ccccc2F)c(N)c1. The molecule has 0 saturated heterocycles. The van der Waals surface area contributed by atoms with E-state index in [1.165, 1.54) is 12.1 Å². The molecule has 18 heavy (non-hydrogen) atoms. The van der Waals surface area contributed by atoms with Crippen molar-refractivity contribution in [3.63, 3.8) is 0 Å². The Hall–Kier alpha value is -2.36. The first kappa shape index (κ1) is 12.1. The summed E-state index contributed by atoms with van der Waals surface area (Å²) < 4.78 is 13.4. The Kier molecular flexibility index (Phi) is 3.28. The molecule has 0 aromatic heterocycles. The summed E-state index contributed by atoms with van der Waals surface area (Å²) in [5, 5.41) is 2.49. The summed E-state index contributed by atoms with van der Waals surface area (Å²) >= 11 is 0. The lowest BCUT2D eigenvalue weighted by molar-refractivity contribution is 0.102. The fraction of sp³-hybridized carbons (Fsp3) is 0.0714. The lowest BCUT2D eigenvalue weighted by atomic mass is 10.1. The number of carbonyl (C=O) groups excluding carboxylic acids is 1. The van der Waals surface area contributed by atoms with Gasteiger partial charge in [-0.05, 0) is 36.8 Å². The quantitative estimate of drug-likeness (QED) is 0.798. The summed E-state index contributed by atoms with van der Waals surface area (Å²) in [7, 11) is 0. The van der Waals surface area contributed by atoms with Gasteiger partial charge in [-0.25, -0.2) is 4.39 Å². The molecule has 3 N–H and O–H groups in total. The average molecular weight is 244 g/mol. The van der Waals surface area contributed by atoms with Crippen LogP contribution < -0.4 is 11.1 Å². The Labute approximate surface area is 104 Å². The van der Waals surface area contributed by atoms with Crippen LogP contribution >= 0.6 is 0 Å². The van der Waals surface area contributed by atoms with Gasteiger partial charge in [-0.1, -0.05) is 18.2 Å². The predicted octanol–water partition coefficient (Wildman–Crippen LogP) is 2.97. The van der Waals surface area contributed by atoms with Crippen LogP contribution in [0, 0.1) is 12.7 Å². The lowest BCUT2D eigenvalue weighted by Gasteiger charge is -2.08. The number of rotatable bonds is 2. The molecule has 4 heteroatoms. The molecule has 0 aliphatic carbocycles. The molecule has 0 atom stereocenters. The van der Waals surface area contributed by atoms with Crippen LogP contribution in [-0.2, 0) is 0 Å². The first-order valence-corrected chi connectivity index (χ1v) is 5.50. The summed E-state index contributed by atoms with van der Waals surface area (Å²) in [6.45, 7) is 1.88. The van der Waals surface area contributed by atoms with E-state index in [1.807, 2.05) is 6.92 Å². The van der Waals surface area contributed by atoms with Crippen molar-refractivity contribution < 1.29 is 9.18 Å². The summed E-state index contributed by atoms with van der Waals surface area (Å²) in [6.07, 6.45) is 0. The van der Waals surface area contributed by atoms with E-state index in [0.717, 1.165) is 5.56 Å². The fourth-order valence-electron chi connectivity index (χ4n) is 1.64. The maximum Gasteiger partial charge on any atom is 0.257 e. The van der Waals surface area contributed by atoms with E-state index in [0.29, 0.717) is 11.3 Å². The Bertz CT molecular complexity index is 596. The minimum absolute atomic E-state index is 0.141. The van der Waals surface area contributed by atoms with Crippen LogP contribution in [0.2, 0.25) is 0 Å². The van der Waals surface area contributed by atoms with Gasteiger partial charge in [0.25, 0.3) is 5.91 Å². The third-order valence-electron chi connectivity index (χ3n) is 2.57. The highest BCUT2D eigenvalue weighted by Crippen LogP contribution is 2.18. The molecule has 0 fully saturated rings. The zero-order valence-corrected chi connectivity index (χ0v) is 9.91. The Balaban J connectivity index is 2.25. The minimum Gasteiger partial charge on any atom is -0.398 e. The van der Waals surface area contributed by atoms with E-state index in [1.54, 1.807) is 30.3 Å². The summed E-state index contributed by atoms with van der Waals surface area (Å²) in [4.78, 5) is 11.9. The average Bonchev–Trinajstić information content (AvgIpc) is 2.32. The maximum absolute atomic E-state index is 13.4. The number of nitrogens with one attached hydrogen (secondary N) is 1. The zero-order chi connectivity index (χ0) is 13.1. The van der Waals surface area contributed by atoms with Crippen LogP contribution in [-0.4, -0.2) is 5.91 Å². The smallest absolute Gasteiger partial charge is 0.257 e. The number of hydrogen-bond donors (Lipinski definition) is 2. The van der Waals surface area contributed by atoms with Crippen LogP contribution in [0.1, 0.15) is 15.9 Å². The first-order chi connectivity index (χ1) is 8.58. The van der Waals surface area contributed by atoms with Crippen molar-refractivity contribution in [2.75, 3.05) is 11.1 Å². The standard InChI is InChI=1S/C14H13FN2O/c1-9-6-7-10(12(16)8-9)14(18)17-13-5-3-2-4-11(13)15/h2-8H,16H2,1H3,(H,17,18). The van der Waals surface area contributed by atoms with E-state index in [2.05, 4.69) is 5.32 Å². The van der Waals surface area contributed by atoms with Gasteiger partial charge >= 0.3 is 0 Å². The van der Waals surface area contributed by atoms with E-state index in [-0.39, 0.29) is 5.69 Å². The Morgan fingerprint density at radius 1 is 1.22 bits per heavy atom. The van der Waals surface area contributed by atoms with Gasteiger partial charge in [0.1, 0.15) is 5.82 Å². The van der Waals surface area contributed by atoms with Crippen molar-refractivity contribution in [1.29, 1.82) is 0 Å². The van der Waals surface area contributed by atoms with Crippen molar-refractivity contribution in [2.24, 2.45) is 0 Å². The summed E-state index contributed by atoms with van der Waals surface area (Å²) in [5.41, 5.74) is 7.58. The van der Waals surface area contributed by atoms with E-state index < -0.39 is 11.7 Å². The van der Waals surface area contributed by atoms with Crippen molar-refractivity contribution >= 4 is 17.3 Å². The van der Waals surface area contributed by atoms with Crippen LogP contribution in [0.5, 0.6) is 0 Å². The van der Waals surface area contributed by atoms with E-state index in [9.17, 15) is 9.18 Å². The number of aryl methyl sites for hydroxylation is 1. The lowest BCUT2D eigenvalue weighted by Crippen LogP contribution is -2.15. The normalized spacial score (nSPS) is 10.1. The number of benzene rings is 2. The van der Waals surface area contributed by atoms with Gasteiger partial charge in [0, 0.05) is 5.69 Å². The first-order valence-electron chi connectivity index (χ1n) is 5.50. The molecule has 3 nitrogen and oxygen atoms in total. The van der Waals surface area contributed by atoms with Gasteiger partial charge in [0.2, 0.25) is 0 Å². The number of nitrogen functional groups attached to an aromatic ring is 1. The van der Waals surface area contributed by atoms with Crippen LogP contribution in [0.3, 0.4) is 0 Å². The van der Waals surface area contributed by atoms with Crippen molar-refractivity contribution in [2.45, 2.75) is 6.92 Å². The second kappa shape index (κ2) is 4.87. The van der Waals surface area contributed by atoms with Crippen molar-refractivity contribution in [3.05, 3.63) is 59.4 Å². The summed E-state index contributed by atoms with van der Waals surface area (Å²) in [5.74, 6) is -0.894. The van der Waals surface area contributed by atoms with Crippen LogP contribution in [0.4, 0.5) is 15.8 Å². The van der Waals surface area contributed by atoms with E-state index in [4.69, 9.17) is 5.73 Å². The fourth-order valence-corrected chi connectivity index (χ4v) is 1.64. The summed E-state index contributed by atoms with van der Waals surface area (Å²) in [6, 6.07) is 11.1. The number of carbonyl (C=O) groups is 1. The second-order valence-electron chi connectivity index (χ2n) is 4.02. The highest BCUT2D eigenvalue weighted by atomic mass is 19.1. The highest BCUT2D eigenvalue weighted by Gasteiger charge is 2.11. The predicted molar refractivity (Wildman–Crippen MR) is 69.9 cm³/mol. The molecular weight excluding hydrogens is 231 g/mol. The third-order valence-corrected chi connectivity index (χ3v) is 2.57. The topological polar surface area (TPSA) is 55.1 Å². The second-order valence-corrected chi connectivity index (χ2v) is 4.02. The number of anilines is 2. The minimum atomic E-state index is -0.475. The molecule has 0 aliphatic rings. The number of halogens is 1. The van der Waals surface area contributed by atoms with Gasteiger partial charge in [-0.3, -0.25) is 4.79 Å². The third kappa shape index (κ3) is 2.48. The van der Waals surface area contributed by atoms with Crippen LogP contribution in [0.25, 0.3) is 0 Å². The Morgan fingerprint density at radius 3 is 2.61 bits per heavy atom. The molecule has 2 aromatic rings. The van der Waals surface area contributed by atoms with Crippen molar-refractivity contribution in [3.8, 4) is 0 Å². The monoisotopic (exact) mass is 244 g/mol. The molecule has 1 amide bonds. The molecule has 0 bridgehead atoms. The van der Waals surface area contributed by atoms with Gasteiger partial charge in [-0.2, -0.15) is 0 Å². The number of hydrogen-bond acceptors (Lipinski definition) is 2. The molecule has 0 spiro atoms. The molecule has 2 aromatic carbocycles. The van der Waals surface area contributed by atoms with Gasteiger partial charge in [0.15, 0.2) is 0 Å². The van der Waals surface area contributed by atoms with Crippen LogP contribution in [0.15, 0.2) is 42.5 Å². The number of amides is 1. The maximum atomic E-state index is 13.4. The highest BCUT2D eigenvalue weighted by molar-refractivity contribution is 6.07.